The molecule has 0 aromatic carbocycles. The number of fused-ring (bicyclic) bond motifs is 2. The van der Waals surface area contributed by atoms with Crippen molar-refractivity contribution < 1.29 is 18.0 Å². The molecular formula is C19H16F3N9OS. The van der Waals surface area contributed by atoms with Gasteiger partial charge in [-0.05, 0) is 25.5 Å². The number of hydrogen-bond donors (Lipinski definition) is 2. The highest BCUT2D eigenvalue weighted by molar-refractivity contribution is 7.09. The second-order valence-electron chi connectivity index (χ2n) is 7.64. The minimum Gasteiger partial charge on any atom is -0.383 e. The highest BCUT2D eigenvalue weighted by Gasteiger charge is 2.50. The smallest absolute Gasteiger partial charge is 0.383 e. The van der Waals surface area contributed by atoms with Crippen molar-refractivity contribution in [3.05, 3.63) is 34.4 Å². The molecule has 5 heterocycles. The molecule has 1 unspecified atom stereocenters. The molecule has 0 bridgehead atoms. The first-order valence-corrected chi connectivity index (χ1v) is 10.7. The maximum atomic E-state index is 12.8. The van der Waals surface area contributed by atoms with Crippen LogP contribution in [0.25, 0.3) is 22.6 Å². The van der Waals surface area contributed by atoms with Crippen molar-refractivity contribution in [2.45, 2.75) is 37.9 Å². The van der Waals surface area contributed by atoms with Crippen LogP contribution in [0.2, 0.25) is 0 Å². The van der Waals surface area contributed by atoms with E-state index >= 15 is 0 Å². The Morgan fingerprint density at radius 3 is 2.85 bits per heavy atom. The summed E-state index contributed by atoms with van der Waals surface area (Å²) < 4.78 is 39.2. The molecule has 0 saturated carbocycles. The minimum atomic E-state index is -4.26. The van der Waals surface area contributed by atoms with Gasteiger partial charge in [-0.1, -0.05) is 0 Å². The molecule has 0 fully saturated rings. The zero-order valence-electron chi connectivity index (χ0n) is 17.1. The van der Waals surface area contributed by atoms with Crippen molar-refractivity contribution >= 4 is 39.9 Å². The number of aryl methyl sites for hydroxylation is 1. The van der Waals surface area contributed by atoms with Gasteiger partial charge in [0.2, 0.25) is 5.91 Å². The van der Waals surface area contributed by atoms with Crippen molar-refractivity contribution in [2.24, 2.45) is 0 Å². The van der Waals surface area contributed by atoms with Gasteiger partial charge in [-0.3, -0.25) is 4.79 Å². The Bertz CT molecular complexity index is 1370. The molecule has 1 aliphatic rings. The lowest BCUT2D eigenvalue weighted by molar-refractivity contribution is -0.136. The first kappa shape index (κ1) is 21.2. The topological polar surface area (TPSA) is 137 Å². The fourth-order valence-electron chi connectivity index (χ4n) is 3.87. The van der Waals surface area contributed by atoms with E-state index in [1.165, 1.54) is 27.7 Å². The molecule has 33 heavy (non-hydrogen) atoms. The highest BCUT2D eigenvalue weighted by atomic mass is 32.1. The van der Waals surface area contributed by atoms with Gasteiger partial charge in [-0.2, -0.15) is 18.3 Å². The number of alkyl halides is 3. The molecule has 5 rings (SSSR count). The van der Waals surface area contributed by atoms with Crippen LogP contribution in [0.5, 0.6) is 0 Å². The molecule has 0 spiro atoms. The first-order valence-electron chi connectivity index (χ1n) is 9.83. The summed E-state index contributed by atoms with van der Waals surface area (Å²) in [7, 11) is 0. The number of carbonyl (C=O) groups excluding carboxylic acids is 1. The number of nitrogens with zero attached hydrogens (tertiary/aromatic N) is 7. The lowest BCUT2D eigenvalue weighted by Crippen LogP contribution is -2.32. The average molecular weight is 475 g/mol. The fraction of sp³-hybridized carbons (Fsp3) is 0.316. The van der Waals surface area contributed by atoms with Crippen LogP contribution in [0, 0.1) is 0 Å². The monoisotopic (exact) mass is 475 g/mol. The highest BCUT2D eigenvalue weighted by Crippen LogP contribution is 2.45. The summed E-state index contributed by atoms with van der Waals surface area (Å²) in [6.45, 7) is 1.68. The van der Waals surface area contributed by atoms with Crippen molar-refractivity contribution in [3.63, 3.8) is 0 Å². The van der Waals surface area contributed by atoms with Crippen LogP contribution in [0.15, 0.2) is 23.8 Å². The first-order chi connectivity index (χ1) is 15.7. The number of rotatable bonds is 5. The molecule has 14 heteroatoms. The van der Waals surface area contributed by atoms with Gasteiger partial charge in [0.05, 0.1) is 10.9 Å². The van der Waals surface area contributed by atoms with E-state index in [1.54, 1.807) is 19.1 Å². The van der Waals surface area contributed by atoms with E-state index in [4.69, 9.17) is 5.73 Å². The Labute approximate surface area is 188 Å². The summed E-state index contributed by atoms with van der Waals surface area (Å²) in [5.74, 6) is 0.0517. The minimum absolute atomic E-state index is 0.0132. The molecule has 170 valence electrons. The summed E-state index contributed by atoms with van der Waals surface area (Å²) in [6.07, 6.45) is -3.82. The Morgan fingerprint density at radius 2 is 2.12 bits per heavy atom. The number of pyridine rings is 1. The number of halogens is 3. The predicted octanol–water partition coefficient (Wildman–Crippen LogP) is 2.92. The van der Waals surface area contributed by atoms with E-state index < -0.39 is 18.0 Å². The standard InChI is InChI=1S/C19H16F3N9OS/c1-18(17-29-25-8-33-17)10-12(23)26-14(27-13(10)28-16(18)32)11-9-4-2-6-24-15(9)31(30-11)7-3-5-19(20,21)22/h2,4,6,8H,3,5,7H2,1H3,(H3,23,26,27,28,32). The molecule has 4 aromatic heterocycles. The third-order valence-electron chi connectivity index (χ3n) is 5.46. The molecule has 0 aliphatic carbocycles. The van der Waals surface area contributed by atoms with Crippen LogP contribution in [0.4, 0.5) is 24.8 Å². The van der Waals surface area contributed by atoms with Crippen LogP contribution >= 0.6 is 11.3 Å². The van der Waals surface area contributed by atoms with E-state index in [1.807, 2.05) is 0 Å². The van der Waals surface area contributed by atoms with E-state index in [0.29, 0.717) is 27.3 Å². The Morgan fingerprint density at radius 1 is 1.30 bits per heavy atom. The third kappa shape index (κ3) is 3.46. The van der Waals surface area contributed by atoms with Gasteiger partial charge >= 0.3 is 6.18 Å². The van der Waals surface area contributed by atoms with Crippen LogP contribution in [-0.2, 0) is 16.8 Å². The van der Waals surface area contributed by atoms with Crippen molar-refractivity contribution in [1.82, 2.24) is 34.9 Å². The van der Waals surface area contributed by atoms with Gasteiger partial charge in [0, 0.05) is 19.2 Å². The van der Waals surface area contributed by atoms with E-state index in [2.05, 4.69) is 35.6 Å². The van der Waals surface area contributed by atoms with Crippen molar-refractivity contribution in [1.29, 1.82) is 0 Å². The second-order valence-corrected chi connectivity index (χ2v) is 8.48. The molecule has 0 saturated heterocycles. The lowest BCUT2D eigenvalue weighted by atomic mass is 9.85. The van der Waals surface area contributed by atoms with Gasteiger partial charge in [-0.15, -0.1) is 21.5 Å². The number of nitrogens with two attached hydrogens (primary N) is 1. The summed E-state index contributed by atoms with van der Waals surface area (Å²) in [5, 5.41) is 16.0. The van der Waals surface area contributed by atoms with E-state index in [-0.39, 0.29) is 36.3 Å². The number of amides is 1. The molecule has 10 nitrogen and oxygen atoms in total. The van der Waals surface area contributed by atoms with Gasteiger partial charge < -0.3 is 11.1 Å². The van der Waals surface area contributed by atoms with Crippen molar-refractivity contribution in [2.75, 3.05) is 11.1 Å². The van der Waals surface area contributed by atoms with Gasteiger partial charge in [0.1, 0.15) is 33.3 Å². The molecular weight excluding hydrogens is 459 g/mol. The maximum absolute atomic E-state index is 12.8. The molecule has 0 radical (unpaired) electrons. The summed E-state index contributed by atoms with van der Waals surface area (Å²) in [6, 6.07) is 3.40. The second kappa shape index (κ2) is 7.43. The Kier molecular flexibility index (Phi) is 4.77. The van der Waals surface area contributed by atoms with E-state index in [0.717, 1.165) is 0 Å². The molecule has 4 aromatic rings. The third-order valence-corrected chi connectivity index (χ3v) is 6.37. The lowest BCUT2D eigenvalue weighted by Gasteiger charge is -2.19. The average Bonchev–Trinajstić information content (AvgIpc) is 3.46. The molecule has 1 atom stereocenters. The van der Waals surface area contributed by atoms with Crippen molar-refractivity contribution in [3.8, 4) is 11.5 Å². The van der Waals surface area contributed by atoms with Crippen LogP contribution < -0.4 is 11.1 Å². The zero-order chi connectivity index (χ0) is 23.4. The Hall–Kier alpha value is -3.68. The number of carbonyl (C=O) groups is 1. The number of nitrogen functional groups attached to an aromatic ring is 1. The molecule has 1 aliphatic heterocycles. The van der Waals surface area contributed by atoms with E-state index in [9.17, 15) is 18.0 Å². The van der Waals surface area contributed by atoms with Gasteiger partial charge in [0.15, 0.2) is 11.5 Å². The molecule has 3 N–H and O–H groups in total. The van der Waals surface area contributed by atoms with Gasteiger partial charge in [-0.25, -0.2) is 19.6 Å². The zero-order valence-corrected chi connectivity index (χ0v) is 17.9. The SMILES string of the molecule is CC1(c2nncs2)C(=O)Nc2nc(-c3nn(CCCC(F)(F)F)c4ncccc34)nc(N)c21. The summed E-state index contributed by atoms with van der Waals surface area (Å²) in [4.78, 5) is 26.0. The largest absolute Gasteiger partial charge is 0.389 e. The number of anilines is 2. The summed E-state index contributed by atoms with van der Waals surface area (Å²) in [5.41, 5.74) is 7.69. The maximum Gasteiger partial charge on any atom is 0.389 e. The summed E-state index contributed by atoms with van der Waals surface area (Å²) >= 11 is 1.21. The predicted molar refractivity (Wildman–Crippen MR) is 113 cm³/mol. The molecule has 1 amide bonds. The fourth-order valence-corrected chi connectivity index (χ4v) is 4.59. The number of nitrogens with one attached hydrogen (secondary N) is 1. The van der Waals surface area contributed by atoms with Gasteiger partial charge in [0.25, 0.3) is 0 Å². The number of aromatic nitrogens is 7. The Balaban J connectivity index is 1.58. The van der Waals surface area contributed by atoms with Crippen LogP contribution in [-0.4, -0.2) is 47.0 Å². The normalized spacial score (nSPS) is 18.0. The van der Waals surface area contributed by atoms with Crippen LogP contribution in [0.1, 0.15) is 30.3 Å². The number of hydrogen-bond acceptors (Lipinski definition) is 9. The van der Waals surface area contributed by atoms with Crippen LogP contribution in [0.3, 0.4) is 0 Å². The quantitative estimate of drug-likeness (QED) is 0.449.